The molecule has 7 heteroatoms. The smallest absolute Gasteiger partial charge is 0.290 e. The average molecular weight is 441 g/mol. The van der Waals surface area contributed by atoms with Gasteiger partial charge in [-0.05, 0) is 42.8 Å². The normalized spacial score (nSPS) is 16.5. The van der Waals surface area contributed by atoms with Crippen molar-refractivity contribution in [2.45, 2.75) is 18.9 Å². The number of rotatable bonds is 3. The lowest BCUT2D eigenvalue weighted by molar-refractivity contribution is -0.122. The van der Waals surface area contributed by atoms with Crippen LogP contribution in [0.15, 0.2) is 79.1 Å². The summed E-state index contributed by atoms with van der Waals surface area (Å²) in [5.41, 5.74) is 3.47. The van der Waals surface area contributed by atoms with E-state index >= 15 is 0 Å². The fourth-order valence-electron chi connectivity index (χ4n) is 4.05. The third-order valence-electron chi connectivity index (χ3n) is 5.65. The first-order valence-corrected chi connectivity index (χ1v) is 10.5. The van der Waals surface area contributed by atoms with Crippen LogP contribution in [0.5, 0.6) is 5.75 Å². The first kappa shape index (κ1) is 22.0. The molecular weight excluding hydrogens is 418 g/mol. The predicted octanol–water partition coefficient (Wildman–Crippen LogP) is 4.10. The molecule has 0 spiro atoms. The van der Waals surface area contributed by atoms with Crippen LogP contribution >= 0.6 is 0 Å². The molecule has 5 rings (SSSR count). The molecule has 1 aliphatic rings. The summed E-state index contributed by atoms with van der Waals surface area (Å²) in [5, 5.41) is 11.2. The van der Waals surface area contributed by atoms with Crippen molar-refractivity contribution in [1.29, 1.82) is 0 Å². The Labute approximate surface area is 191 Å². The van der Waals surface area contributed by atoms with Gasteiger partial charge in [-0.25, -0.2) is 0 Å². The number of aryl methyl sites for hydroxylation is 1. The second-order valence-electron chi connectivity index (χ2n) is 7.69. The number of amides is 1. The number of nitrogens with one attached hydrogen (secondary N) is 1. The molecule has 166 valence electrons. The number of ether oxygens (including phenoxy) is 1. The molecule has 0 fully saturated rings. The van der Waals surface area contributed by atoms with Crippen LogP contribution in [0.3, 0.4) is 0 Å². The standard InChI is InChI=1S/C25H21N3O2.CH2O2/c1-17-6-10-20(11-7-17)25(12-15-30-22-5-3-14-27-23(22)25)28-24(29)19-9-8-18-4-2-13-26-21(18)16-19;2-1-3/h2-11,13-14,16H,12,15H2,1H3,(H,28,29);1H,(H,2,3)/t25-;/m0./s1. The summed E-state index contributed by atoms with van der Waals surface area (Å²) in [6.07, 6.45) is 4.07. The Balaban J connectivity index is 0.000000821. The Kier molecular flexibility index (Phi) is 6.31. The van der Waals surface area contributed by atoms with Crippen molar-refractivity contribution >= 4 is 23.3 Å². The minimum Gasteiger partial charge on any atom is -0.491 e. The Bertz CT molecular complexity index is 1290. The van der Waals surface area contributed by atoms with Gasteiger partial charge in [0.25, 0.3) is 12.4 Å². The fourth-order valence-corrected chi connectivity index (χ4v) is 4.05. The number of aromatic nitrogens is 2. The van der Waals surface area contributed by atoms with E-state index in [4.69, 9.17) is 14.6 Å². The van der Waals surface area contributed by atoms with Crippen LogP contribution in [0.4, 0.5) is 0 Å². The number of pyridine rings is 2. The second-order valence-corrected chi connectivity index (χ2v) is 7.69. The van der Waals surface area contributed by atoms with Gasteiger partial charge in [0.2, 0.25) is 0 Å². The highest BCUT2D eigenvalue weighted by Crippen LogP contribution is 2.40. The summed E-state index contributed by atoms with van der Waals surface area (Å²) >= 11 is 0. The lowest BCUT2D eigenvalue weighted by Gasteiger charge is -2.39. The molecule has 2 aromatic heterocycles. The number of hydrogen-bond donors (Lipinski definition) is 2. The summed E-state index contributed by atoms with van der Waals surface area (Å²) in [6, 6.07) is 21.4. The van der Waals surface area contributed by atoms with Gasteiger partial charge >= 0.3 is 0 Å². The topological polar surface area (TPSA) is 101 Å². The maximum atomic E-state index is 13.4. The number of carbonyl (C=O) groups is 2. The van der Waals surface area contributed by atoms with Crippen LogP contribution in [0.1, 0.15) is 33.6 Å². The summed E-state index contributed by atoms with van der Waals surface area (Å²) in [5.74, 6) is 0.534. The van der Waals surface area contributed by atoms with Gasteiger partial charge < -0.3 is 15.2 Å². The van der Waals surface area contributed by atoms with Gasteiger partial charge in [0.05, 0.1) is 12.1 Å². The molecule has 33 heavy (non-hydrogen) atoms. The highest BCUT2D eigenvalue weighted by molar-refractivity contribution is 5.98. The fraction of sp³-hybridized carbons (Fsp3) is 0.154. The van der Waals surface area contributed by atoms with Crippen LogP contribution in [-0.2, 0) is 10.3 Å². The molecule has 2 N–H and O–H groups in total. The third-order valence-corrected chi connectivity index (χ3v) is 5.65. The van der Waals surface area contributed by atoms with Gasteiger partial charge in [-0.2, -0.15) is 0 Å². The van der Waals surface area contributed by atoms with Crippen LogP contribution in [0, 0.1) is 6.92 Å². The highest BCUT2D eigenvalue weighted by atomic mass is 16.5. The maximum absolute atomic E-state index is 13.4. The molecule has 2 aromatic carbocycles. The van der Waals surface area contributed by atoms with Gasteiger partial charge in [-0.1, -0.05) is 42.0 Å². The van der Waals surface area contributed by atoms with Gasteiger partial charge in [0, 0.05) is 29.8 Å². The number of benzene rings is 2. The minimum absolute atomic E-state index is 0.165. The monoisotopic (exact) mass is 441 g/mol. The van der Waals surface area contributed by atoms with Crippen molar-refractivity contribution in [3.8, 4) is 5.75 Å². The summed E-state index contributed by atoms with van der Waals surface area (Å²) in [7, 11) is 0. The zero-order valence-electron chi connectivity index (χ0n) is 18.1. The molecule has 0 saturated carbocycles. The van der Waals surface area contributed by atoms with E-state index in [0.29, 0.717) is 24.3 Å². The Morgan fingerprint density at radius 3 is 2.58 bits per heavy atom. The van der Waals surface area contributed by atoms with E-state index in [0.717, 1.165) is 27.7 Å². The molecule has 0 unspecified atom stereocenters. The summed E-state index contributed by atoms with van der Waals surface area (Å²) in [4.78, 5) is 30.8. The minimum atomic E-state index is -0.765. The first-order chi connectivity index (χ1) is 16.1. The lowest BCUT2D eigenvalue weighted by atomic mass is 9.81. The summed E-state index contributed by atoms with van der Waals surface area (Å²) in [6.45, 7) is 2.29. The number of carbonyl (C=O) groups excluding carboxylic acids is 1. The van der Waals surface area contributed by atoms with E-state index in [9.17, 15) is 4.79 Å². The predicted molar refractivity (Wildman–Crippen MR) is 124 cm³/mol. The molecule has 7 nitrogen and oxygen atoms in total. The molecule has 3 heterocycles. The third kappa shape index (κ3) is 4.39. The molecule has 0 radical (unpaired) electrons. The van der Waals surface area contributed by atoms with Gasteiger partial charge in [-0.3, -0.25) is 19.6 Å². The number of hydrogen-bond acceptors (Lipinski definition) is 5. The van der Waals surface area contributed by atoms with E-state index in [-0.39, 0.29) is 12.4 Å². The number of nitrogens with zero attached hydrogens (tertiary/aromatic N) is 2. The van der Waals surface area contributed by atoms with Gasteiger partial charge in [0.15, 0.2) is 0 Å². The maximum Gasteiger partial charge on any atom is 0.290 e. The molecule has 0 bridgehead atoms. The van der Waals surface area contributed by atoms with Crippen LogP contribution in [0.25, 0.3) is 10.9 Å². The van der Waals surface area contributed by atoms with E-state index < -0.39 is 5.54 Å². The second kappa shape index (κ2) is 9.48. The molecular formula is C26H23N3O4. The average Bonchev–Trinajstić information content (AvgIpc) is 2.85. The van der Waals surface area contributed by atoms with E-state index in [1.807, 2.05) is 49.4 Å². The highest BCUT2D eigenvalue weighted by Gasteiger charge is 2.42. The molecule has 1 aliphatic heterocycles. The van der Waals surface area contributed by atoms with Crippen molar-refractivity contribution in [3.63, 3.8) is 0 Å². The molecule has 1 atom stereocenters. The van der Waals surface area contributed by atoms with Crippen molar-refractivity contribution < 1.29 is 19.4 Å². The van der Waals surface area contributed by atoms with Crippen LogP contribution in [-0.4, -0.2) is 34.1 Å². The van der Waals surface area contributed by atoms with Crippen molar-refractivity contribution in [1.82, 2.24) is 15.3 Å². The van der Waals surface area contributed by atoms with Crippen LogP contribution < -0.4 is 10.1 Å². The summed E-state index contributed by atoms with van der Waals surface area (Å²) < 4.78 is 5.85. The lowest BCUT2D eigenvalue weighted by Crippen LogP contribution is -2.50. The van der Waals surface area contributed by atoms with Gasteiger partial charge in [-0.15, -0.1) is 0 Å². The Morgan fingerprint density at radius 2 is 1.79 bits per heavy atom. The number of carboxylic acid groups (broad SMARTS) is 1. The van der Waals surface area contributed by atoms with Crippen molar-refractivity contribution in [3.05, 3.63) is 102 Å². The van der Waals surface area contributed by atoms with Crippen molar-refractivity contribution in [2.75, 3.05) is 6.61 Å². The van der Waals surface area contributed by atoms with Crippen molar-refractivity contribution in [2.24, 2.45) is 0 Å². The number of fused-ring (bicyclic) bond motifs is 2. The SMILES string of the molecule is Cc1ccc([C@@]2(NC(=O)c3ccc4cccnc4c3)CCOc3cccnc32)cc1.O=CO. The molecule has 1 amide bonds. The van der Waals surface area contributed by atoms with E-state index in [1.165, 1.54) is 0 Å². The Morgan fingerprint density at radius 1 is 1.06 bits per heavy atom. The first-order valence-electron chi connectivity index (χ1n) is 10.5. The molecule has 0 saturated heterocycles. The van der Waals surface area contributed by atoms with Gasteiger partial charge in [0.1, 0.15) is 17.0 Å². The van der Waals surface area contributed by atoms with E-state index in [2.05, 4.69) is 39.6 Å². The Hall–Kier alpha value is -4.26. The van der Waals surface area contributed by atoms with Crippen LogP contribution in [0.2, 0.25) is 0 Å². The zero-order chi connectivity index (χ0) is 23.3. The zero-order valence-corrected chi connectivity index (χ0v) is 18.1. The molecule has 0 aliphatic carbocycles. The quantitative estimate of drug-likeness (QED) is 0.464. The van der Waals surface area contributed by atoms with E-state index in [1.54, 1.807) is 12.4 Å². The largest absolute Gasteiger partial charge is 0.491 e. The molecule has 4 aromatic rings.